The van der Waals surface area contributed by atoms with E-state index < -0.39 is 0 Å². The normalized spacial score (nSPS) is 16.6. The zero-order valence-corrected chi connectivity index (χ0v) is 9.45. The molecule has 78 valence electrons. The molecule has 0 radical (unpaired) electrons. The number of aromatic amines is 1. The first-order chi connectivity index (χ1) is 7.33. The molecule has 0 bridgehead atoms. The van der Waals surface area contributed by atoms with Gasteiger partial charge in [-0.25, -0.2) is 4.98 Å². The number of halogens is 1. The lowest BCUT2D eigenvalue weighted by atomic mass is 10.3. The van der Waals surface area contributed by atoms with E-state index in [2.05, 4.69) is 25.9 Å². The number of hydrogen-bond acceptors (Lipinski definition) is 3. The molecule has 0 saturated carbocycles. The maximum atomic E-state index is 5.74. The van der Waals surface area contributed by atoms with E-state index >= 15 is 0 Å². The van der Waals surface area contributed by atoms with Crippen LogP contribution in [0.3, 0.4) is 0 Å². The molecule has 1 aromatic heterocycles. The highest BCUT2D eigenvalue weighted by atomic mass is 79.9. The van der Waals surface area contributed by atoms with Crippen molar-refractivity contribution in [2.75, 3.05) is 13.2 Å². The predicted molar refractivity (Wildman–Crippen MR) is 59.0 cm³/mol. The fourth-order valence-electron chi connectivity index (χ4n) is 1.49. The second-order valence-electron chi connectivity index (χ2n) is 3.48. The maximum absolute atomic E-state index is 5.74. The second-order valence-corrected chi connectivity index (χ2v) is 4.33. The van der Waals surface area contributed by atoms with Crippen molar-refractivity contribution in [3.05, 3.63) is 22.9 Å². The summed E-state index contributed by atoms with van der Waals surface area (Å²) < 4.78 is 11.7. The molecule has 1 saturated heterocycles. The molecule has 15 heavy (non-hydrogen) atoms. The van der Waals surface area contributed by atoms with Crippen LogP contribution in [-0.4, -0.2) is 29.3 Å². The molecule has 0 unspecified atom stereocenters. The molecule has 1 N–H and O–H groups in total. The van der Waals surface area contributed by atoms with E-state index in [1.807, 2.05) is 12.1 Å². The molecule has 0 aliphatic carbocycles. The molecular formula is C10H9BrN2O2. The molecule has 0 atom stereocenters. The maximum Gasteiger partial charge on any atom is 0.145 e. The van der Waals surface area contributed by atoms with E-state index in [4.69, 9.17) is 9.47 Å². The van der Waals surface area contributed by atoms with Crippen molar-refractivity contribution in [1.29, 1.82) is 0 Å². The topological polar surface area (TPSA) is 47.1 Å². The third-order valence-corrected chi connectivity index (χ3v) is 2.99. The highest BCUT2D eigenvalue weighted by molar-refractivity contribution is 9.10. The van der Waals surface area contributed by atoms with E-state index in [-0.39, 0.29) is 6.10 Å². The van der Waals surface area contributed by atoms with Crippen molar-refractivity contribution < 1.29 is 9.47 Å². The Bertz CT molecular complexity index is 493. The monoisotopic (exact) mass is 268 g/mol. The minimum Gasteiger partial charge on any atom is -0.484 e. The summed E-state index contributed by atoms with van der Waals surface area (Å²) >= 11 is 3.46. The van der Waals surface area contributed by atoms with Gasteiger partial charge in [0.15, 0.2) is 0 Å². The molecule has 0 spiro atoms. The van der Waals surface area contributed by atoms with Gasteiger partial charge in [-0.3, -0.25) is 0 Å². The quantitative estimate of drug-likeness (QED) is 0.908. The Morgan fingerprint density at radius 3 is 3.07 bits per heavy atom. The summed E-state index contributed by atoms with van der Waals surface area (Å²) in [5.74, 6) is 0.833. The number of benzene rings is 1. The van der Waals surface area contributed by atoms with Gasteiger partial charge in [-0.05, 0) is 22.0 Å². The first kappa shape index (κ1) is 9.18. The van der Waals surface area contributed by atoms with E-state index in [1.165, 1.54) is 0 Å². The number of hydrogen-bond donors (Lipinski definition) is 1. The van der Waals surface area contributed by atoms with Crippen LogP contribution in [0.25, 0.3) is 11.0 Å². The summed E-state index contributed by atoms with van der Waals surface area (Å²) in [6, 6.07) is 3.89. The zero-order chi connectivity index (χ0) is 10.3. The summed E-state index contributed by atoms with van der Waals surface area (Å²) in [5.41, 5.74) is 1.91. The Labute approximate surface area is 94.7 Å². The Kier molecular flexibility index (Phi) is 2.14. The second kappa shape index (κ2) is 3.50. The Morgan fingerprint density at radius 1 is 1.47 bits per heavy atom. The summed E-state index contributed by atoms with van der Waals surface area (Å²) in [7, 11) is 0. The largest absolute Gasteiger partial charge is 0.484 e. The standard InChI is InChI=1S/C10H9BrN2O2/c11-7-1-8-9(13-5-12-8)2-10(7)15-6-3-14-4-6/h1-2,5-6H,3-4H2,(H,12,13). The summed E-state index contributed by atoms with van der Waals surface area (Å²) in [4.78, 5) is 7.22. The number of H-pyrrole nitrogens is 1. The van der Waals surface area contributed by atoms with E-state index in [0.717, 1.165) is 21.3 Å². The van der Waals surface area contributed by atoms with E-state index in [1.54, 1.807) is 6.33 Å². The molecule has 3 rings (SSSR count). The van der Waals surface area contributed by atoms with Crippen LogP contribution in [0.15, 0.2) is 22.9 Å². The smallest absolute Gasteiger partial charge is 0.145 e. The molecule has 1 aliphatic heterocycles. The van der Waals surface area contributed by atoms with Crippen LogP contribution < -0.4 is 4.74 Å². The van der Waals surface area contributed by atoms with Crippen molar-refractivity contribution >= 4 is 27.0 Å². The van der Waals surface area contributed by atoms with Gasteiger partial charge in [0.2, 0.25) is 0 Å². The Balaban J connectivity index is 1.97. The molecule has 5 heteroatoms. The van der Waals surface area contributed by atoms with Gasteiger partial charge >= 0.3 is 0 Å². The highest BCUT2D eigenvalue weighted by Gasteiger charge is 2.21. The van der Waals surface area contributed by atoms with Crippen molar-refractivity contribution in [2.45, 2.75) is 6.10 Å². The van der Waals surface area contributed by atoms with Crippen molar-refractivity contribution in [3.8, 4) is 5.75 Å². The van der Waals surface area contributed by atoms with Crippen LogP contribution in [0.1, 0.15) is 0 Å². The van der Waals surface area contributed by atoms with Crippen molar-refractivity contribution in [2.24, 2.45) is 0 Å². The number of aromatic nitrogens is 2. The lowest BCUT2D eigenvalue weighted by molar-refractivity contribution is -0.0799. The van der Waals surface area contributed by atoms with Gasteiger partial charge in [-0.2, -0.15) is 0 Å². The van der Waals surface area contributed by atoms with Gasteiger partial charge in [-0.15, -0.1) is 0 Å². The number of imidazole rings is 1. The third-order valence-electron chi connectivity index (χ3n) is 2.38. The fourth-order valence-corrected chi connectivity index (χ4v) is 1.91. The average Bonchev–Trinajstić information content (AvgIpc) is 2.58. The molecule has 1 aliphatic rings. The van der Waals surface area contributed by atoms with Crippen molar-refractivity contribution in [3.63, 3.8) is 0 Å². The van der Waals surface area contributed by atoms with Crippen LogP contribution in [0, 0.1) is 0 Å². The third kappa shape index (κ3) is 1.61. The minimum absolute atomic E-state index is 0.182. The molecule has 2 aromatic rings. The number of nitrogens with one attached hydrogen (secondary N) is 1. The van der Waals surface area contributed by atoms with Crippen LogP contribution in [-0.2, 0) is 4.74 Å². The fraction of sp³-hybridized carbons (Fsp3) is 0.300. The van der Waals surface area contributed by atoms with Crippen LogP contribution in [0.2, 0.25) is 0 Å². The Morgan fingerprint density at radius 2 is 2.33 bits per heavy atom. The van der Waals surface area contributed by atoms with Crippen molar-refractivity contribution in [1.82, 2.24) is 9.97 Å². The highest BCUT2D eigenvalue weighted by Crippen LogP contribution is 2.30. The van der Waals surface area contributed by atoms with Crippen LogP contribution in [0.5, 0.6) is 5.75 Å². The SMILES string of the molecule is Brc1cc2nc[nH]c2cc1OC1COC1. The van der Waals surface area contributed by atoms with Gasteiger partial charge in [0, 0.05) is 6.07 Å². The lowest BCUT2D eigenvalue weighted by Crippen LogP contribution is -2.38. The molecular weight excluding hydrogens is 260 g/mol. The molecule has 4 nitrogen and oxygen atoms in total. The lowest BCUT2D eigenvalue weighted by Gasteiger charge is -2.27. The van der Waals surface area contributed by atoms with E-state index in [9.17, 15) is 0 Å². The molecule has 1 aromatic carbocycles. The summed E-state index contributed by atoms with van der Waals surface area (Å²) in [6.07, 6.45) is 1.86. The van der Waals surface area contributed by atoms with Gasteiger partial charge in [-0.1, -0.05) is 0 Å². The number of rotatable bonds is 2. The van der Waals surface area contributed by atoms with E-state index in [0.29, 0.717) is 13.2 Å². The van der Waals surface area contributed by atoms with Gasteiger partial charge in [0.05, 0.1) is 35.0 Å². The predicted octanol–water partition coefficient (Wildman–Crippen LogP) is 2.10. The first-order valence-corrected chi connectivity index (χ1v) is 5.49. The average molecular weight is 269 g/mol. The van der Waals surface area contributed by atoms with Gasteiger partial charge in [0.25, 0.3) is 0 Å². The molecule has 2 heterocycles. The zero-order valence-electron chi connectivity index (χ0n) is 7.87. The number of fused-ring (bicyclic) bond motifs is 1. The Hall–Kier alpha value is -1.07. The molecule has 0 amide bonds. The van der Waals surface area contributed by atoms with Crippen LogP contribution in [0.4, 0.5) is 0 Å². The number of ether oxygens (including phenoxy) is 2. The van der Waals surface area contributed by atoms with Gasteiger partial charge < -0.3 is 14.5 Å². The number of nitrogens with zero attached hydrogens (tertiary/aromatic N) is 1. The first-order valence-electron chi connectivity index (χ1n) is 4.70. The summed E-state index contributed by atoms with van der Waals surface area (Å²) in [5, 5.41) is 0. The van der Waals surface area contributed by atoms with Crippen LogP contribution >= 0.6 is 15.9 Å². The minimum atomic E-state index is 0.182. The molecule has 1 fully saturated rings. The van der Waals surface area contributed by atoms with Gasteiger partial charge in [0.1, 0.15) is 11.9 Å². The summed E-state index contributed by atoms with van der Waals surface area (Å²) in [6.45, 7) is 1.35.